The van der Waals surface area contributed by atoms with Crippen LogP contribution in [-0.4, -0.2) is 62.8 Å². The van der Waals surface area contributed by atoms with Crippen LogP contribution in [0.25, 0.3) is 0 Å². The molecule has 3 amide bonds. The molecular weight excluding hydrogens is 382 g/mol. The van der Waals surface area contributed by atoms with E-state index >= 15 is 0 Å². The van der Waals surface area contributed by atoms with Gasteiger partial charge in [0, 0.05) is 25.3 Å². The summed E-state index contributed by atoms with van der Waals surface area (Å²) in [5.74, 6) is -0.221. The molecule has 1 saturated heterocycles. The van der Waals surface area contributed by atoms with Crippen LogP contribution < -0.4 is 16.0 Å². The molecule has 3 N–H and O–H groups in total. The molecule has 1 atom stereocenters. The van der Waals surface area contributed by atoms with E-state index in [0.717, 1.165) is 44.8 Å². The van der Waals surface area contributed by atoms with Crippen LogP contribution in [0.1, 0.15) is 38.2 Å². The highest BCUT2D eigenvalue weighted by Gasteiger charge is 2.22. The van der Waals surface area contributed by atoms with Gasteiger partial charge in [0.2, 0.25) is 5.91 Å². The number of rotatable bonds is 10. The molecule has 1 aliphatic rings. The van der Waals surface area contributed by atoms with E-state index in [0.29, 0.717) is 24.6 Å². The van der Waals surface area contributed by atoms with E-state index in [9.17, 15) is 9.59 Å². The molecule has 0 radical (unpaired) electrons. The number of carbonyl (C=O) groups excluding carboxylic acids is 2. The number of benzene rings is 1. The van der Waals surface area contributed by atoms with Gasteiger partial charge in [-0.3, -0.25) is 9.69 Å². The minimum Gasteiger partial charge on any atom is -0.379 e. The molecule has 0 spiro atoms. The number of carbonyl (C=O) groups is 2. The number of nitriles is 1. The smallest absolute Gasteiger partial charge is 0.319 e. The third-order valence-corrected chi connectivity index (χ3v) is 4.95. The number of nitrogens with zero attached hydrogens (tertiary/aromatic N) is 2. The molecule has 0 bridgehead atoms. The van der Waals surface area contributed by atoms with Crippen LogP contribution in [0.2, 0.25) is 0 Å². The average molecular weight is 416 g/mol. The summed E-state index contributed by atoms with van der Waals surface area (Å²) >= 11 is 0. The lowest BCUT2D eigenvalue weighted by Gasteiger charge is -2.26. The number of hydrogen-bond acceptors (Lipinski definition) is 5. The number of amides is 3. The van der Waals surface area contributed by atoms with Crippen LogP contribution in [0.4, 0.5) is 10.5 Å². The summed E-state index contributed by atoms with van der Waals surface area (Å²) in [6.07, 6.45) is 1.54. The Morgan fingerprint density at radius 1 is 1.23 bits per heavy atom. The standard InChI is InChI=1S/C22H33N5O3/c1-17(2)15-20(21(28)24-9-7-23)18-5-3-6-19(16-18)26-22(29)25-8-4-10-27-11-13-30-14-12-27/h3,5-6,16-17,20H,4,8-15H2,1-2H3,(H,24,28)(H2,25,26,29). The highest BCUT2D eigenvalue weighted by molar-refractivity contribution is 5.90. The van der Waals surface area contributed by atoms with Gasteiger partial charge in [0.05, 0.1) is 25.2 Å². The summed E-state index contributed by atoms with van der Waals surface area (Å²) in [4.78, 5) is 27.1. The molecule has 2 rings (SSSR count). The summed E-state index contributed by atoms with van der Waals surface area (Å²) in [5.41, 5.74) is 1.46. The Morgan fingerprint density at radius 2 is 2.00 bits per heavy atom. The van der Waals surface area contributed by atoms with Crippen molar-refractivity contribution in [2.24, 2.45) is 5.92 Å². The molecule has 1 unspecified atom stereocenters. The second-order valence-electron chi connectivity index (χ2n) is 7.87. The van der Waals surface area contributed by atoms with Crippen molar-refractivity contribution < 1.29 is 14.3 Å². The van der Waals surface area contributed by atoms with Crippen molar-refractivity contribution >= 4 is 17.6 Å². The Balaban J connectivity index is 1.86. The van der Waals surface area contributed by atoms with Gasteiger partial charge in [-0.15, -0.1) is 0 Å². The third kappa shape index (κ3) is 8.39. The van der Waals surface area contributed by atoms with Crippen LogP contribution in [0, 0.1) is 17.2 Å². The maximum atomic E-state index is 12.5. The van der Waals surface area contributed by atoms with Crippen molar-refractivity contribution in [1.29, 1.82) is 5.26 Å². The maximum Gasteiger partial charge on any atom is 0.319 e. The van der Waals surface area contributed by atoms with Crippen LogP contribution in [0.5, 0.6) is 0 Å². The Labute approximate surface area is 179 Å². The maximum absolute atomic E-state index is 12.5. The zero-order valence-corrected chi connectivity index (χ0v) is 17.9. The van der Waals surface area contributed by atoms with Crippen molar-refractivity contribution in [3.63, 3.8) is 0 Å². The van der Waals surface area contributed by atoms with Crippen molar-refractivity contribution in [1.82, 2.24) is 15.5 Å². The van der Waals surface area contributed by atoms with E-state index < -0.39 is 0 Å². The van der Waals surface area contributed by atoms with Gasteiger partial charge in [0.25, 0.3) is 0 Å². The summed E-state index contributed by atoms with van der Waals surface area (Å²) in [7, 11) is 0. The molecule has 0 aliphatic carbocycles. The lowest BCUT2D eigenvalue weighted by Crippen LogP contribution is -2.38. The molecule has 0 aromatic heterocycles. The molecule has 1 aliphatic heterocycles. The van der Waals surface area contributed by atoms with Gasteiger partial charge in [-0.2, -0.15) is 5.26 Å². The first kappa shape index (κ1) is 23.6. The van der Waals surface area contributed by atoms with E-state index in [-0.39, 0.29) is 24.4 Å². The van der Waals surface area contributed by atoms with Crippen LogP contribution in [0.15, 0.2) is 24.3 Å². The monoisotopic (exact) mass is 415 g/mol. The van der Waals surface area contributed by atoms with Gasteiger partial charge in [0.15, 0.2) is 0 Å². The van der Waals surface area contributed by atoms with Crippen molar-refractivity contribution in [2.45, 2.75) is 32.6 Å². The Bertz CT molecular complexity index is 726. The first-order valence-electron chi connectivity index (χ1n) is 10.6. The Kier molecular flexibility index (Phi) is 10.1. The minimum absolute atomic E-state index is 0.0156. The van der Waals surface area contributed by atoms with Gasteiger partial charge in [0.1, 0.15) is 6.54 Å². The zero-order valence-electron chi connectivity index (χ0n) is 17.9. The van der Waals surface area contributed by atoms with Crippen molar-refractivity contribution in [2.75, 3.05) is 51.3 Å². The second kappa shape index (κ2) is 12.8. The number of anilines is 1. The van der Waals surface area contributed by atoms with Gasteiger partial charge in [-0.1, -0.05) is 26.0 Å². The Morgan fingerprint density at radius 3 is 2.70 bits per heavy atom. The lowest BCUT2D eigenvalue weighted by atomic mass is 9.89. The molecule has 1 aromatic rings. The molecule has 0 saturated carbocycles. The van der Waals surface area contributed by atoms with Crippen molar-refractivity contribution in [3.8, 4) is 6.07 Å². The van der Waals surface area contributed by atoms with Gasteiger partial charge in [-0.05, 0) is 43.0 Å². The molecule has 8 nitrogen and oxygen atoms in total. The first-order chi connectivity index (χ1) is 14.5. The second-order valence-corrected chi connectivity index (χ2v) is 7.87. The highest BCUT2D eigenvalue weighted by Crippen LogP contribution is 2.26. The zero-order chi connectivity index (χ0) is 21.8. The number of nitrogens with one attached hydrogen (secondary N) is 3. The van der Waals surface area contributed by atoms with Crippen molar-refractivity contribution in [3.05, 3.63) is 29.8 Å². The van der Waals surface area contributed by atoms with Gasteiger partial charge in [-0.25, -0.2) is 4.79 Å². The number of urea groups is 1. The normalized spacial score (nSPS) is 15.3. The van der Waals surface area contributed by atoms with Crippen LogP contribution in [-0.2, 0) is 9.53 Å². The molecular formula is C22H33N5O3. The average Bonchev–Trinajstić information content (AvgIpc) is 2.74. The summed E-state index contributed by atoms with van der Waals surface area (Å²) < 4.78 is 5.33. The van der Waals surface area contributed by atoms with E-state index in [1.807, 2.05) is 24.3 Å². The molecule has 30 heavy (non-hydrogen) atoms. The number of hydrogen-bond donors (Lipinski definition) is 3. The molecule has 1 aromatic carbocycles. The fourth-order valence-corrected chi connectivity index (χ4v) is 3.45. The highest BCUT2D eigenvalue weighted by atomic mass is 16.5. The fraction of sp³-hybridized carbons (Fsp3) is 0.591. The number of ether oxygens (including phenoxy) is 1. The summed E-state index contributed by atoms with van der Waals surface area (Å²) in [5, 5.41) is 17.1. The predicted octanol–water partition coefficient (Wildman–Crippen LogP) is 2.30. The SMILES string of the molecule is CC(C)CC(C(=O)NCC#N)c1cccc(NC(=O)NCCCN2CCOCC2)c1. The molecule has 1 heterocycles. The van der Waals surface area contributed by atoms with E-state index in [1.54, 1.807) is 6.07 Å². The van der Waals surface area contributed by atoms with Gasteiger partial charge < -0.3 is 20.7 Å². The van der Waals surface area contributed by atoms with Gasteiger partial charge >= 0.3 is 6.03 Å². The fourth-order valence-electron chi connectivity index (χ4n) is 3.45. The quantitative estimate of drug-likeness (QED) is 0.402. The molecule has 164 valence electrons. The van der Waals surface area contributed by atoms with Crippen LogP contribution in [0.3, 0.4) is 0 Å². The lowest BCUT2D eigenvalue weighted by molar-refractivity contribution is -0.122. The largest absolute Gasteiger partial charge is 0.379 e. The van der Waals surface area contributed by atoms with E-state index in [2.05, 4.69) is 34.7 Å². The molecule has 8 heteroatoms. The predicted molar refractivity (Wildman–Crippen MR) is 116 cm³/mol. The minimum atomic E-state index is -0.364. The van der Waals surface area contributed by atoms with Crippen LogP contribution >= 0.6 is 0 Å². The topological polar surface area (TPSA) is 106 Å². The van der Waals surface area contributed by atoms with E-state index in [1.165, 1.54) is 0 Å². The Hall–Kier alpha value is -2.63. The van der Waals surface area contributed by atoms with E-state index in [4.69, 9.17) is 10.00 Å². The summed E-state index contributed by atoms with van der Waals surface area (Å²) in [6.45, 7) is 9.06. The number of morpholine rings is 1. The molecule has 1 fully saturated rings. The summed E-state index contributed by atoms with van der Waals surface area (Å²) in [6, 6.07) is 9.01. The first-order valence-corrected chi connectivity index (χ1v) is 10.6. The third-order valence-electron chi connectivity index (χ3n) is 4.95.